The van der Waals surface area contributed by atoms with Crippen LogP contribution in [0.5, 0.6) is 0 Å². The van der Waals surface area contributed by atoms with Gasteiger partial charge in [0.15, 0.2) is 5.89 Å². The summed E-state index contributed by atoms with van der Waals surface area (Å²) in [7, 11) is 0. The monoisotopic (exact) mass is 428 g/mol. The molecule has 4 aromatic heterocycles. The SMILES string of the molecule is Cc1nc(C)c(C(=O)Nc2ccc(F)c(-c3cn4cc(-c5ccncc5)cnc4n3)c2)o1. The number of pyridine rings is 1. The molecule has 0 aliphatic carbocycles. The van der Waals surface area contributed by atoms with Crippen LogP contribution in [0.15, 0.2) is 65.7 Å². The number of hydrogen-bond donors (Lipinski definition) is 1. The van der Waals surface area contributed by atoms with E-state index in [0.717, 1.165) is 11.1 Å². The summed E-state index contributed by atoms with van der Waals surface area (Å²) in [6.07, 6.45) is 8.68. The molecule has 5 aromatic rings. The maximum absolute atomic E-state index is 14.6. The Morgan fingerprint density at radius 2 is 1.88 bits per heavy atom. The van der Waals surface area contributed by atoms with E-state index < -0.39 is 11.7 Å². The Kier molecular flexibility index (Phi) is 4.70. The summed E-state index contributed by atoms with van der Waals surface area (Å²) in [5.41, 5.74) is 3.36. The molecule has 1 amide bonds. The first-order valence-corrected chi connectivity index (χ1v) is 9.78. The number of benzene rings is 1. The molecular formula is C23H17FN6O2. The average Bonchev–Trinajstić information content (AvgIpc) is 3.37. The smallest absolute Gasteiger partial charge is 0.293 e. The first-order chi connectivity index (χ1) is 15.5. The number of halogens is 1. The molecule has 1 N–H and O–H groups in total. The Morgan fingerprint density at radius 1 is 1.06 bits per heavy atom. The Balaban J connectivity index is 1.48. The standard InChI is InChI=1S/C23H17FN6O2/c1-13-21(32-14(2)27-13)22(31)28-17-3-4-19(24)18(9-17)20-12-30-11-16(10-26-23(30)29-20)15-5-7-25-8-6-15/h3-12H,1-2H3,(H,28,31). The van der Waals surface area contributed by atoms with Crippen molar-refractivity contribution in [3.05, 3.63) is 84.5 Å². The van der Waals surface area contributed by atoms with Crippen LogP contribution in [0.2, 0.25) is 0 Å². The van der Waals surface area contributed by atoms with Crippen molar-refractivity contribution in [1.82, 2.24) is 24.3 Å². The van der Waals surface area contributed by atoms with Crippen molar-refractivity contribution in [2.75, 3.05) is 5.32 Å². The molecule has 1 aromatic carbocycles. The molecule has 9 heteroatoms. The third-order valence-corrected chi connectivity index (χ3v) is 4.93. The van der Waals surface area contributed by atoms with Crippen molar-refractivity contribution < 1.29 is 13.6 Å². The van der Waals surface area contributed by atoms with E-state index in [4.69, 9.17) is 4.42 Å². The van der Waals surface area contributed by atoms with E-state index >= 15 is 0 Å². The van der Waals surface area contributed by atoms with Gasteiger partial charge in [-0.1, -0.05) is 0 Å². The number of carbonyl (C=O) groups is 1. The largest absolute Gasteiger partial charge is 0.436 e. The molecular weight excluding hydrogens is 411 g/mol. The number of amides is 1. The van der Waals surface area contributed by atoms with Crippen LogP contribution in [0.1, 0.15) is 22.1 Å². The van der Waals surface area contributed by atoms with Crippen molar-refractivity contribution in [2.45, 2.75) is 13.8 Å². The number of carbonyl (C=O) groups excluding carboxylic acids is 1. The van der Waals surface area contributed by atoms with Gasteiger partial charge in [0.25, 0.3) is 5.91 Å². The van der Waals surface area contributed by atoms with Crippen LogP contribution in [-0.4, -0.2) is 30.2 Å². The molecule has 4 heterocycles. The van der Waals surface area contributed by atoms with Crippen LogP contribution in [0, 0.1) is 19.7 Å². The number of nitrogens with zero attached hydrogens (tertiary/aromatic N) is 5. The molecule has 0 fully saturated rings. The predicted octanol–water partition coefficient (Wildman–Crippen LogP) is 4.45. The lowest BCUT2D eigenvalue weighted by Gasteiger charge is -2.06. The molecule has 0 aliphatic heterocycles. The van der Waals surface area contributed by atoms with E-state index in [9.17, 15) is 9.18 Å². The number of imidazole rings is 1. The highest BCUT2D eigenvalue weighted by molar-refractivity contribution is 6.03. The van der Waals surface area contributed by atoms with Crippen LogP contribution in [0.4, 0.5) is 10.1 Å². The summed E-state index contributed by atoms with van der Waals surface area (Å²) >= 11 is 0. The summed E-state index contributed by atoms with van der Waals surface area (Å²) in [6, 6.07) is 8.04. The minimum atomic E-state index is -0.465. The minimum absolute atomic E-state index is 0.119. The van der Waals surface area contributed by atoms with E-state index in [-0.39, 0.29) is 11.3 Å². The summed E-state index contributed by atoms with van der Waals surface area (Å²) in [6.45, 7) is 3.35. The van der Waals surface area contributed by atoms with Gasteiger partial charge in [0.05, 0.1) is 11.4 Å². The fourth-order valence-electron chi connectivity index (χ4n) is 3.44. The zero-order valence-corrected chi connectivity index (χ0v) is 17.2. The molecule has 158 valence electrons. The van der Waals surface area contributed by atoms with Gasteiger partial charge < -0.3 is 9.73 Å². The number of fused-ring (bicyclic) bond motifs is 1. The average molecular weight is 428 g/mol. The highest BCUT2D eigenvalue weighted by Gasteiger charge is 2.18. The Hall–Kier alpha value is -4.40. The van der Waals surface area contributed by atoms with Gasteiger partial charge >= 0.3 is 0 Å². The normalized spacial score (nSPS) is 11.1. The molecule has 0 unspecified atom stereocenters. The van der Waals surface area contributed by atoms with Gasteiger partial charge in [-0.05, 0) is 42.8 Å². The van der Waals surface area contributed by atoms with E-state index in [1.165, 1.54) is 18.2 Å². The number of hydrogen-bond acceptors (Lipinski definition) is 6. The summed E-state index contributed by atoms with van der Waals surface area (Å²) < 4.78 is 21.7. The Labute approximate surface area is 181 Å². The van der Waals surface area contributed by atoms with Crippen LogP contribution in [0.25, 0.3) is 28.2 Å². The third-order valence-electron chi connectivity index (χ3n) is 4.93. The molecule has 0 radical (unpaired) electrons. The van der Waals surface area contributed by atoms with Gasteiger partial charge in [-0.25, -0.2) is 19.3 Å². The van der Waals surface area contributed by atoms with Crippen LogP contribution in [0.3, 0.4) is 0 Å². The van der Waals surface area contributed by atoms with E-state index in [1.54, 1.807) is 43.0 Å². The molecule has 0 saturated heterocycles. The zero-order chi connectivity index (χ0) is 22.2. The molecule has 0 spiro atoms. The fraction of sp³-hybridized carbons (Fsp3) is 0.0870. The predicted molar refractivity (Wildman–Crippen MR) is 116 cm³/mol. The molecule has 32 heavy (non-hydrogen) atoms. The fourth-order valence-corrected chi connectivity index (χ4v) is 3.44. The van der Waals surface area contributed by atoms with Crippen molar-refractivity contribution in [3.63, 3.8) is 0 Å². The molecule has 5 rings (SSSR count). The topological polar surface area (TPSA) is 98.2 Å². The van der Waals surface area contributed by atoms with Crippen molar-refractivity contribution in [1.29, 1.82) is 0 Å². The summed E-state index contributed by atoms with van der Waals surface area (Å²) in [5.74, 6) is 0.0240. The Bertz CT molecular complexity index is 1460. The molecule has 8 nitrogen and oxygen atoms in total. The molecule has 0 bridgehead atoms. The Morgan fingerprint density at radius 3 is 2.62 bits per heavy atom. The number of nitrogens with one attached hydrogen (secondary N) is 1. The first kappa shape index (κ1) is 19.6. The van der Waals surface area contributed by atoms with Gasteiger partial charge in [0.1, 0.15) is 5.82 Å². The third kappa shape index (κ3) is 3.60. The highest BCUT2D eigenvalue weighted by Crippen LogP contribution is 2.27. The van der Waals surface area contributed by atoms with E-state index in [1.807, 2.05) is 18.3 Å². The van der Waals surface area contributed by atoms with E-state index in [2.05, 4.69) is 25.3 Å². The quantitative estimate of drug-likeness (QED) is 0.454. The lowest BCUT2D eigenvalue weighted by molar-refractivity contribution is 0.0994. The number of anilines is 1. The van der Waals surface area contributed by atoms with Gasteiger partial charge in [0.2, 0.25) is 11.5 Å². The second-order valence-corrected chi connectivity index (χ2v) is 7.21. The molecule has 0 aliphatic rings. The second-order valence-electron chi connectivity index (χ2n) is 7.21. The van der Waals surface area contributed by atoms with Gasteiger partial charge in [0, 0.05) is 54.7 Å². The lowest BCUT2D eigenvalue weighted by Crippen LogP contribution is -2.12. The number of oxazole rings is 1. The van der Waals surface area contributed by atoms with Gasteiger partial charge in [-0.15, -0.1) is 0 Å². The van der Waals surface area contributed by atoms with E-state index in [0.29, 0.717) is 28.7 Å². The molecule has 0 atom stereocenters. The van der Waals surface area contributed by atoms with Crippen molar-refractivity contribution in [3.8, 4) is 22.4 Å². The van der Waals surface area contributed by atoms with Crippen LogP contribution >= 0.6 is 0 Å². The summed E-state index contributed by atoms with van der Waals surface area (Å²) in [4.78, 5) is 29.4. The maximum Gasteiger partial charge on any atom is 0.293 e. The summed E-state index contributed by atoms with van der Waals surface area (Å²) in [5, 5.41) is 2.72. The van der Waals surface area contributed by atoms with Crippen molar-refractivity contribution in [2.24, 2.45) is 0 Å². The second kappa shape index (κ2) is 7.69. The maximum atomic E-state index is 14.6. The first-order valence-electron chi connectivity index (χ1n) is 9.78. The molecule has 0 saturated carbocycles. The van der Waals surface area contributed by atoms with Gasteiger partial charge in [-0.2, -0.15) is 0 Å². The zero-order valence-electron chi connectivity index (χ0n) is 17.2. The highest BCUT2D eigenvalue weighted by atomic mass is 19.1. The van der Waals surface area contributed by atoms with Gasteiger partial charge in [-0.3, -0.25) is 14.2 Å². The number of rotatable bonds is 4. The van der Waals surface area contributed by atoms with Crippen LogP contribution < -0.4 is 5.32 Å². The van der Waals surface area contributed by atoms with Crippen LogP contribution in [-0.2, 0) is 0 Å². The number of aryl methyl sites for hydroxylation is 2. The number of aromatic nitrogens is 5. The van der Waals surface area contributed by atoms with Crippen molar-refractivity contribution >= 4 is 17.4 Å². The minimum Gasteiger partial charge on any atom is -0.436 e. The lowest BCUT2D eigenvalue weighted by atomic mass is 10.1.